The molecule has 1 aliphatic heterocycles. The predicted molar refractivity (Wildman–Crippen MR) is 110 cm³/mol. The van der Waals surface area contributed by atoms with E-state index in [-0.39, 0.29) is 24.0 Å². The smallest absolute Gasteiger partial charge is 0.193 e. The Labute approximate surface area is 165 Å². The first-order valence-corrected chi connectivity index (χ1v) is 9.32. The summed E-state index contributed by atoms with van der Waals surface area (Å²) in [5.41, 5.74) is 0.543. The van der Waals surface area contributed by atoms with Crippen LogP contribution in [0, 0.1) is 5.41 Å². The van der Waals surface area contributed by atoms with Gasteiger partial charge in [-0.25, -0.2) is 0 Å². The van der Waals surface area contributed by atoms with Crippen molar-refractivity contribution in [3.63, 3.8) is 0 Å². The molecule has 0 radical (unpaired) electrons. The summed E-state index contributed by atoms with van der Waals surface area (Å²) < 4.78 is 10.5. The lowest BCUT2D eigenvalue weighted by Crippen LogP contribution is -2.51. The molecule has 2 rings (SSSR count). The highest BCUT2D eigenvalue weighted by molar-refractivity contribution is 14.0. The molecule has 1 spiro atoms. The van der Waals surface area contributed by atoms with Crippen molar-refractivity contribution >= 4 is 29.9 Å². The van der Waals surface area contributed by atoms with Crippen LogP contribution in [0.15, 0.2) is 4.99 Å². The molecule has 1 saturated heterocycles. The number of hydrogen-bond acceptors (Lipinski definition) is 3. The van der Waals surface area contributed by atoms with Gasteiger partial charge in [0.2, 0.25) is 0 Å². The van der Waals surface area contributed by atoms with Crippen LogP contribution < -0.4 is 5.32 Å². The van der Waals surface area contributed by atoms with Gasteiger partial charge in [0, 0.05) is 33.8 Å². The van der Waals surface area contributed by atoms with E-state index in [1.165, 1.54) is 57.9 Å². The summed E-state index contributed by atoms with van der Waals surface area (Å²) in [6.07, 6.45) is 11.2. The highest BCUT2D eigenvalue weighted by Crippen LogP contribution is 2.42. The number of piperidine rings is 1. The lowest BCUT2D eigenvalue weighted by molar-refractivity contribution is 0.0725. The zero-order valence-corrected chi connectivity index (χ0v) is 17.8. The number of methoxy groups -OCH3 is 1. The van der Waals surface area contributed by atoms with Gasteiger partial charge in [0.1, 0.15) is 0 Å². The molecule has 0 aromatic rings. The molecule has 2 fully saturated rings. The summed E-state index contributed by atoms with van der Waals surface area (Å²) in [7, 11) is 3.59. The molecule has 0 unspecified atom stereocenters. The minimum atomic E-state index is 0. The number of guanidine groups is 1. The molecule has 0 aromatic carbocycles. The molecule has 6 heteroatoms. The summed E-state index contributed by atoms with van der Waals surface area (Å²) in [5, 5.41) is 3.46. The molecular formula is C18H36IN3O2. The standard InChI is InChI=1S/C18H35N3O2.HI/c1-19-17(20-11-13-23-15-14-22-2)21-12-7-10-18(16-21)8-5-3-4-6-9-18;/h3-16H2,1-2H3,(H,19,20);1H. The highest BCUT2D eigenvalue weighted by atomic mass is 127. The Morgan fingerprint density at radius 1 is 1.04 bits per heavy atom. The van der Waals surface area contributed by atoms with Crippen LogP contribution in [0.3, 0.4) is 0 Å². The normalized spacial score (nSPS) is 21.2. The molecule has 0 bridgehead atoms. The molecule has 1 aliphatic carbocycles. The fraction of sp³-hybridized carbons (Fsp3) is 0.944. The monoisotopic (exact) mass is 453 g/mol. The number of rotatable bonds is 6. The van der Waals surface area contributed by atoms with E-state index in [9.17, 15) is 0 Å². The van der Waals surface area contributed by atoms with E-state index in [0.717, 1.165) is 19.0 Å². The summed E-state index contributed by atoms with van der Waals surface area (Å²) >= 11 is 0. The first-order valence-electron chi connectivity index (χ1n) is 9.32. The number of nitrogens with one attached hydrogen (secondary N) is 1. The van der Waals surface area contributed by atoms with Crippen molar-refractivity contribution in [1.82, 2.24) is 10.2 Å². The third kappa shape index (κ3) is 7.04. The number of nitrogens with zero attached hydrogens (tertiary/aromatic N) is 2. The molecule has 1 saturated carbocycles. The molecule has 0 amide bonds. The summed E-state index contributed by atoms with van der Waals surface area (Å²) in [4.78, 5) is 6.97. The Bertz CT molecular complexity index is 358. The van der Waals surface area contributed by atoms with Gasteiger partial charge in [-0.15, -0.1) is 24.0 Å². The van der Waals surface area contributed by atoms with E-state index >= 15 is 0 Å². The highest BCUT2D eigenvalue weighted by Gasteiger charge is 2.36. The van der Waals surface area contributed by atoms with Gasteiger partial charge >= 0.3 is 0 Å². The van der Waals surface area contributed by atoms with Crippen molar-refractivity contribution in [3.05, 3.63) is 0 Å². The average Bonchev–Trinajstić information content (AvgIpc) is 2.80. The molecule has 1 heterocycles. The van der Waals surface area contributed by atoms with Gasteiger partial charge in [0.25, 0.3) is 0 Å². The Morgan fingerprint density at radius 2 is 1.75 bits per heavy atom. The lowest BCUT2D eigenvalue weighted by Gasteiger charge is -2.44. The van der Waals surface area contributed by atoms with Crippen molar-refractivity contribution in [2.45, 2.75) is 51.4 Å². The van der Waals surface area contributed by atoms with Crippen molar-refractivity contribution in [1.29, 1.82) is 0 Å². The van der Waals surface area contributed by atoms with Gasteiger partial charge in [-0.2, -0.15) is 0 Å². The second-order valence-electron chi connectivity index (χ2n) is 7.02. The minimum absolute atomic E-state index is 0. The van der Waals surface area contributed by atoms with Crippen LogP contribution in [0.4, 0.5) is 0 Å². The van der Waals surface area contributed by atoms with E-state index in [1.54, 1.807) is 7.11 Å². The van der Waals surface area contributed by atoms with Crippen LogP contribution in [0.25, 0.3) is 0 Å². The molecule has 24 heavy (non-hydrogen) atoms. The lowest BCUT2D eigenvalue weighted by atomic mass is 9.74. The van der Waals surface area contributed by atoms with Crippen LogP contribution in [0.1, 0.15) is 51.4 Å². The van der Waals surface area contributed by atoms with Gasteiger partial charge < -0.3 is 19.7 Å². The summed E-state index contributed by atoms with van der Waals surface area (Å²) in [6, 6.07) is 0. The third-order valence-electron chi connectivity index (χ3n) is 5.30. The van der Waals surface area contributed by atoms with E-state index in [4.69, 9.17) is 9.47 Å². The molecule has 2 aliphatic rings. The summed E-state index contributed by atoms with van der Waals surface area (Å²) in [6.45, 7) is 5.12. The second kappa shape index (κ2) is 12.3. The Morgan fingerprint density at radius 3 is 2.42 bits per heavy atom. The van der Waals surface area contributed by atoms with E-state index < -0.39 is 0 Å². The Hall–Kier alpha value is -0.0800. The van der Waals surface area contributed by atoms with Gasteiger partial charge in [-0.3, -0.25) is 4.99 Å². The molecule has 0 atom stereocenters. The minimum Gasteiger partial charge on any atom is -0.382 e. The maximum absolute atomic E-state index is 5.52. The van der Waals surface area contributed by atoms with E-state index in [2.05, 4.69) is 15.2 Å². The van der Waals surface area contributed by atoms with Gasteiger partial charge in [0.15, 0.2) is 5.96 Å². The van der Waals surface area contributed by atoms with E-state index in [0.29, 0.717) is 25.2 Å². The van der Waals surface area contributed by atoms with Crippen LogP contribution >= 0.6 is 24.0 Å². The predicted octanol–water partition coefficient (Wildman–Crippen LogP) is 3.28. The van der Waals surface area contributed by atoms with Crippen LogP contribution in [0.2, 0.25) is 0 Å². The average molecular weight is 453 g/mol. The zero-order valence-electron chi connectivity index (χ0n) is 15.5. The Balaban J connectivity index is 0.00000288. The third-order valence-corrected chi connectivity index (χ3v) is 5.30. The van der Waals surface area contributed by atoms with Crippen LogP contribution in [-0.4, -0.2) is 64.5 Å². The Kier molecular flexibility index (Phi) is 11.3. The molecule has 5 nitrogen and oxygen atoms in total. The first-order chi connectivity index (χ1) is 11.3. The second-order valence-corrected chi connectivity index (χ2v) is 7.02. The number of aliphatic imine (C=N–C) groups is 1. The number of hydrogen-bond donors (Lipinski definition) is 1. The van der Waals surface area contributed by atoms with Crippen molar-refractivity contribution in [2.75, 3.05) is 53.6 Å². The largest absolute Gasteiger partial charge is 0.382 e. The summed E-state index contributed by atoms with van der Waals surface area (Å²) in [5.74, 6) is 1.05. The molecule has 1 N–H and O–H groups in total. The number of halogens is 1. The number of ether oxygens (including phenoxy) is 2. The first kappa shape index (κ1) is 22.0. The van der Waals surface area contributed by atoms with E-state index in [1.807, 2.05) is 7.05 Å². The maximum Gasteiger partial charge on any atom is 0.193 e. The van der Waals surface area contributed by atoms with Gasteiger partial charge in [0.05, 0.1) is 19.8 Å². The fourth-order valence-electron chi connectivity index (χ4n) is 4.09. The molecule has 0 aromatic heterocycles. The fourth-order valence-corrected chi connectivity index (χ4v) is 4.09. The van der Waals surface area contributed by atoms with Crippen LogP contribution in [-0.2, 0) is 9.47 Å². The SMILES string of the molecule is CN=C(NCCOCCOC)N1CCCC2(CCCCCC2)C1.I. The topological polar surface area (TPSA) is 46.1 Å². The van der Waals surface area contributed by atoms with Gasteiger partial charge in [-0.1, -0.05) is 25.7 Å². The van der Waals surface area contributed by atoms with Crippen molar-refractivity contribution < 1.29 is 9.47 Å². The zero-order chi connectivity index (χ0) is 16.4. The van der Waals surface area contributed by atoms with Crippen molar-refractivity contribution in [2.24, 2.45) is 10.4 Å². The molecular weight excluding hydrogens is 417 g/mol. The quantitative estimate of drug-likeness (QED) is 0.290. The maximum atomic E-state index is 5.52. The number of likely N-dealkylation sites (tertiary alicyclic amines) is 1. The van der Waals surface area contributed by atoms with Gasteiger partial charge in [-0.05, 0) is 31.1 Å². The molecule has 142 valence electrons. The van der Waals surface area contributed by atoms with Crippen LogP contribution in [0.5, 0.6) is 0 Å². The van der Waals surface area contributed by atoms with Crippen molar-refractivity contribution in [3.8, 4) is 0 Å².